The molecule has 0 atom stereocenters. The summed E-state index contributed by atoms with van der Waals surface area (Å²) in [6.45, 7) is 1.91. The van der Waals surface area contributed by atoms with E-state index >= 15 is 0 Å². The van der Waals surface area contributed by atoms with Crippen LogP contribution in [0.5, 0.6) is 0 Å². The van der Waals surface area contributed by atoms with Crippen LogP contribution in [0.15, 0.2) is 23.2 Å². The first-order valence-electron chi connectivity index (χ1n) is 4.54. The third-order valence-electron chi connectivity index (χ3n) is 1.99. The van der Waals surface area contributed by atoms with E-state index in [9.17, 15) is 0 Å². The first-order valence-corrected chi connectivity index (χ1v) is 5.08. The van der Waals surface area contributed by atoms with Gasteiger partial charge in [0.1, 0.15) is 11.7 Å². The van der Waals surface area contributed by atoms with Gasteiger partial charge in [-0.1, -0.05) is 0 Å². The van der Waals surface area contributed by atoms with Gasteiger partial charge in [0.15, 0.2) is 0 Å². The van der Waals surface area contributed by atoms with Crippen LogP contribution in [-0.2, 0) is 0 Å². The number of aromatic amines is 1. The van der Waals surface area contributed by atoms with Crippen molar-refractivity contribution < 1.29 is 0 Å². The van der Waals surface area contributed by atoms with Crippen LogP contribution in [0.2, 0.25) is 0 Å². The second-order valence-electron chi connectivity index (χ2n) is 3.26. The van der Waals surface area contributed by atoms with Crippen molar-refractivity contribution >= 4 is 34.2 Å². The Balaban J connectivity index is 2.46. The molecule has 0 amide bonds. The minimum absolute atomic E-state index is 0.236. The lowest BCUT2D eigenvalue weighted by molar-refractivity contribution is 1.17. The molecule has 0 spiro atoms. The van der Waals surface area contributed by atoms with Crippen molar-refractivity contribution in [2.24, 2.45) is 10.7 Å². The second kappa shape index (κ2) is 3.90. The number of rotatable bonds is 2. The second-order valence-corrected chi connectivity index (χ2v) is 3.53. The minimum atomic E-state index is 0.236. The van der Waals surface area contributed by atoms with Crippen molar-refractivity contribution in [3.63, 3.8) is 0 Å². The Hall–Kier alpha value is -1.55. The molecule has 0 fully saturated rings. The molecule has 0 saturated carbocycles. The third-order valence-corrected chi connectivity index (χ3v) is 2.27. The van der Waals surface area contributed by atoms with Crippen LogP contribution >= 0.6 is 11.6 Å². The predicted molar refractivity (Wildman–Crippen MR) is 62.8 cm³/mol. The number of aromatic nitrogens is 2. The van der Waals surface area contributed by atoms with Gasteiger partial charge in [-0.25, -0.2) is 9.98 Å². The minimum Gasteiger partial charge on any atom is -0.386 e. The summed E-state index contributed by atoms with van der Waals surface area (Å²) in [5.74, 6) is 1.53. The van der Waals surface area contributed by atoms with Gasteiger partial charge in [-0.05, 0) is 25.1 Å². The number of hydrogen-bond acceptors (Lipinski definition) is 2. The number of hydrogen-bond donors (Lipinski definition) is 2. The summed E-state index contributed by atoms with van der Waals surface area (Å²) in [6.07, 6.45) is 0. The summed E-state index contributed by atoms with van der Waals surface area (Å²) in [5, 5.41) is 0. The molecular weight excluding hydrogens is 212 g/mol. The Morgan fingerprint density at radius 3 is 3.13 bits per heavy atom. The number of imidazole rings is 1. The lowest BCUT2D eigenvalue weighted by Gasteiger charge is -1.96. The summed E-state index contributed by atoms with van der Waals surface area (Å²) in [5.41, 5.74) is 8.21. The molecular formula is C10H11ClN4. The van der Waals surface area contributed by atoms with Gasteiger partial charge < -0.3 is 10.7 Å². The number of fused-ring (bicyclic) bond motifs is 1. The highest BCUT2D eigenvalue weighted by molar-refractivity contribution is 6.28. The maximum atomic E-state index is 5.55. The molecule has 0 saturated heterocycles. The Labute approximate surface area is 92.2 Å². The average Bonchev–Trinajstić information content (AvgIpc) is 2.57. The molecule has 2 rings (SSSR count). The number of aryl methyl sites for hydroxylation is 1. The quantitative estimate of drug-likeness (QED) is 0.464. The van der Waals surface area contributed by atoms with E-state index in [4.69, 9.17) is 17.3 Å². The summed E-state index contributed by atoms with van der Waals surface area (Å²) >= 11 is 5.55. The van der Waals surface area contributed by atoms with Crippen LogP contribution in [0.1, 0.15) is 5.82 Å². The van der Waals surface area contributed by atoms with E-state index in [1.807, 2.05) is 25.1 Å². The fourth-order valence-corrected chi connectivity index (χ4v) is 1.45. The van der Waals surface area contributed by atoms with Crippen LogP contribution in [0.25, 0.3) is 11.0 Å². The number of benzene rings is 1. The third kappa shape index (κ3) is 2.10. The Morgan fingerprint density at radius 2 is 2.40 bits per heavy atom. The summed E-state index contributed by atoms with van der Waals surface area (Å²) in [7, 11) is 0. The summed E-state index contributed by atoms with van der Waals surface area (Å²) < 4.78 is 0. The highest BCUT2D eigenvalue weighted by atomic mass is 35.5. The summed E-state index contributed by atoms with van der Waals surface area (Å²) in [6, 6.07) is 5.66. The zero-order chi connectivity index (χ0) is 10.8. The van der Waals surface area contributed by atoms with E-state index in [1.54, 1.807) is 0 Å². The summed E-state index contributed by atoms with van der Waals surface area (Å²) in [4.78, 5) is 11.6. The van der Waals surface area contributed by atoms with Crippen molar-refractivity contribution in [1.29, 1.82) is 0 Å². The van der Waals surface area contributed by atoms with Crippen LogP contribution < -0.4 is 5.73 Å². The van der Waals surface area contributed by atoms with E-state index in [2.05, 4.69) is 15.0 Å². The molecule has 0 bridgehead atoms. The van der Waals surface area contributed by atoms with Crippen LogP contribution in [0.4, 0.5) is 5.69 Å². The zero-order valence-electron chi connectivity index (χ0n) is 8.29. The van der Waals surface area contributed by atoms with Gasteiger partial charge in [0.05, 0.1) is 22.6 Å². The molecule has 1 heterocycles. The number of amidine groups is 1. The molecule has 0 unspecified atom stereocenters. The van der Waals surface area contributed by atoms with Crippen molar-refractivity contribution in [1.82, 2.24) is 9.97 Å². The molecule has 1 aromatic carbocycles. The normalized spacial score (nSPS) is 12.3. The Kier molecular flexibility index (Phi) is 2.60. The number of nitrogens with zero attached hydrogens (tertiary/aromatic N) is 2. The molecule has 1 aromatic heterocycles. The van der Waals surface area contributed by atoms with Gasteiger partial charge in [0.2, 0.25) is 0 Å². The molecule has 0 aliphatic rings. The average molecular weight is 223 g/mol. The van der Waals surface area contributed by atoms with E-state index in [1.165, 1.54) is 0 Å². The number of nitrogens with two attached hydrogens (primary N) is 1. The molecule has 4 nitrogen and oxygen atoms in total. The van der Waals surface area contributed by atoms with Gasteiger partial charge >= 0.3 is 0 Å². The number of nitrogens with one attached hydrogen (secondary N) is 1. The van der Waals surface area contributed by atoms with Crippen LogP contribution in [-0.4, -0.2) is 21.7 Å². The largest absolute Gasteiger partial charge is 0.386 e. The first kappa shape index (κ1) is 9.98. The molecule has 5 heteroatoms. The van der Waals surface area contributed by atoms with Gasteiger partial charge in [-0.2, -0.15) is 0 Å². The highest BCUT2D eigenvalue weighted by Gasteiger charge is 2.00. The van der Waals surface area contributed by atoms with Gasteiger partial charge in [-0.15, -0.1) is 11.6 Å². The predicted octanol–water partition coefficient (Wildman–Crippen LogP) is 2.10. The van der Waals surface area contributed by atoms with Gasteiger partial charge in [0, 0.05) is 0 Å². The number of halogens is 1. The van der Waals surface area contributed by atoms with E-state index < -0.39 is 0 Å². The lowest BCUT2D eigenvalue weighted by Crippen LogP contribution is -2.12. The molecule has 0 aliphatic carbocycles. The van der Waals surface area contributed by atoms with Gasteiger partial charge in [-0.3, -0.25) is 0 Å². The zero-order valence-corrected chi connectivity index (χ0v) is 9.04. The Morgan fingerprint density at radius 1 is 1.60 bits per heavy atom. The maximum Gasteiger partial charge on any atom is 0.115 e. The fourth-order valence-electron chi connectivity index (χ4n) is 1.39. The van der Waals surface area contributed by atoms with Gasteiger partial charge in [0.25, 0.3) is 0 Å². The fraction of sp³-hybridized carbons (Fsp3) is 0.200. The van der Waals surface area contributed by atoms with E-state index in [-0.39, 0.29) is 5.88 Å². The molecule has 0 aliphatic heterocycles. The van der Waals surface area contributed by atoms with E-state index in [0.29, 0.717) is 5.84 Å². The van der Waals surface area contributed by atoms with Crippen LogP contribution in [0.3, 0.4) is 0 Å². The SMILES string of the molecule is Cc1nc2ccc(N=C(N)CCl)cc2[nH]1. The lowest BCUT2D eigenvalue weighted by atomic mass is 10.3. The number of alkyl halides is 1. The molecule has 0 radical (unpaired) electrons. The standard InChI is InChI=1S/C10H11ClN4/c1-6-13-8-3-2-7(4-9(8)14-6)15-10(12)5-11/h2-4H,5H2,1H3,(H2,12,15)(H,13,14). The topological polar surface area (TPSA) is 67.1 Å². The van der Waals surface area contributed by atoms with Crippen molar-refractivity contribution in [2.75, 3.05) is 5.88 Å². The monoisotopic (exact) mass is 222 g/mol. The Bertz CT molecular complexity index is 515. The molecule has 2 aromatic rings. The van der Waals surface area contributed by atoms with E-state index in [0.717, 1.165) is 22.5 Å². The van der Waals surface area contributed by atoms with Crippen molar-refractivity contribution in [3.05, 3.63) is 24.0 Å². The molecule has 78 valence electrons. The maximum absolute atomic E-state index is 5.55. The number of aliphatic imine (C=N–C) groups is 1. The first-order chi connectivity index (χ1) is 7.19. The van der Waals surface area contributed by atoms with Crippen molar-refractivity contribution in [2.45, 2.75) is 6.92 Å². The highest BCUT2D eigenvalue weighted by Crippen LogP contribution is 2.19. The number of H-pyrrole nitrogens is 1. The van der Waals surface area contributed by atoms with Crippen LogP contribution in [0, 0.1) is 6.92 Å². The molecule has 15 heavy (non-hydrogen) atoms. The molecule has 3 N–H and O–H groups in total. The smallest absolute Gasteiger partial charge is 0.115 e. The van der Waals surface area contributed by atoms with Crippen molar-refractivity contribution in [3.8, 4) is 0 Å².